The lowest BCUT2D eigenvalue weighted by Gasteiger charge is -2.12. The second-order valence-electron chi connectivity index (χ2n) is 2.27. The van der Waals surface area contributed by atoms with Crippen LogP contribution in [0.1, 0.15) is 6.42 Å². The lowest BCUT2D eigenvalue weighted by atomic mass is 10.4. The molecule has 0 aliphatic rings. The second-order valence-corrected chi connectivity index (χ2v) is 2.27. The fourth-order valence-corrected chi connectivity index (χ4v) is 0.619. The summed E-state index contributed by atoms with van der Waals surface area (Å²) in [7, 11) is 3.20. The molecule has 0 heterocycles. The molecule has 0 unspecified atom stereocenters. The van der Waals surface area contributed by atoms with Crippen LogP contribution in [0.15, 0.2) is 0 Å². The molecule has 0 bridgehead atoms. The summed E-state index contributed by atoms with van der Waals surface area (Å²) in [6, 6.07) is 0. The van der Waals surface area contributed by atoms with Crippen LogP contribution in [0.2, 0.25) is 0 Å². The van der Waals surface area contributed by atoms with E-state index >= 15 is 0 Å². The average Bonchev–Trinajstić information content (AvgIpc) is 2.00. The Morgan fingerprint density at radius 2 is 2.36 bits per heavy atom. The Labute approximate surface area is 67.3 Å². The Kier molecular flexibility index (Phi) is 5.22. The first-order valence-electron chi connectivity index (χ1n) is 3.39. The highest BCUT2D eigenvalue weighted by atomic mass is 16.5. The van der Waals surface area contributed by atoms with Gasteiger partial charge < -0.3 is 4.74 Å². The van der Waals surface area contributed by atoms with Crippen molar-refractivity contribution in [3.63, 3.8) is 0 Å². The van der Waals surface area contributed by atoms with Crippen LogP contribution in [-0.2, 0) is 9.53 Å². The van der Waals surface area contributed by atoms with Gasteiger partial charge in [-0.2, -0.15) is 0 Å². The summed E-state index contributed by atoms with van der Waals surface area (Å²) >= 11 is 0. The number of likely N-dealkylation sites (N-methyl/N-ethyl adjacent to an activating group) is 1. The van der Waals surface area contributed by atoms with Gasteiger partial charge in [0, 0.05) is 13.0 Å². The van der Waals surface area contributed by atoms with Gasteiger partial charge in [0.1, 0.15) is 0 Å². The molecular weight excluding hydrogens is 142 g/mol. The van der Waals surface area contributed by atoms with Gasteiger partial charge in [0.25, 0.3) is 0 Å². The molecule has 0 aromatic carbocycles. The van der Waals surface area contributed by atoms with Crippen molar-refractivity contribution in [3.8, 4) is 12.3 Å². The molecule has 0 aromatic rings. The van der Waals surface area contributed by atoms with Gasteiger partial charge in [-0.15, -0.1) is 12.3 Å². The van der Waals surface area contributed by atoms with Gasteiger partial charge in [-0.05, 0) is 7.05 Å². The molecule has 0 atom stereocenters. The monoisotopic (exact) mass is 155 g/mol. The zero-order chi connectivity index (χ0) is 8.69. The quantitative estimate of drug-likeness (QED) is 0.426. The third-order valence-corrected chi connectivity index (χ3v) is 1.26. The lowest BCUT2D eigenvalue weighted by Crippen LogP contribution is -2.27. The summed E-state index contributed by atoms with van der Waals surface area (Å²) < 4.78 is 4.47. The highest BCUT2D eigenvalue weighted by Gasteiger charge is 2.03. The zero-order valence-electron chi connectivity index (χ0n) is 6.96. The number of hydrogen-bond acceptors (Lipinski definition) is 3. The topological polar surface area (TPSA) is 29.5 Å². The van der Waals surface area contributed by atoms with Crippen LogP contribution in [-0.4, -0.2) is 38.1 Å². The van der Waals surface area contributed by atoms with E-state index in [2.05, 4.69) is 10.7 Å². The van der Waals surface area contributed by atoms with E-state index in [-0.39, 0.29) is 5.97 Å². The van der Waals surface area contributed by atoms with E-state index in [1.807, 2.05) is 11.9 Å². The number of carbonyl (C=O) groups excluding carboxylic acids is 1. The molecule has 0 radical (unpaired) electrons. The summed E-state index contributed by atoms with van der Waals surface area (Å²) in [5.41, 5.74) is 0. The molecule has 0 rings (SSSR count). The van der Waals surface area contributed by atoms with Crippen LogP contribution in [0.5, 0.6) is 0 Å². The molecule has 0 aromatic heterocycles. The van der Waals surface area contributed by atoms with E-state index in [1.54, 1.807) is 0 Å². The maximum absolute atomic E-state index is 10.7. The van der Waals surface area contributed by atoms with Crippen molar-refractivity contribution in [1.82, 2.24) is 4.90 Å². The largest absolute Gasteiger partial charge is 0.468 e. The number of hydrogen-bond donors (Lipinski definition) is 0. The van der Waals surface area contributed by atoms with Crippen LogP contribution in [0.4, 0.5) is 0 Å². The number of rotatable bonds is 4. The summed E-state index contributed by atoms with van der Waals surface area (Å²) in [5.74, 6) is 2.26. The number of ether oxygens (including phenoxy) is 1. The maximum Gasteiger partial charge on any atom is 0.319 e. The first-order valence-corrected chi connectivity index (χ1v) is 3.39. The Bertz CT molecular complexity index is 160. The summed E-state index contributed by atoms with van der Waals surface area (Å²) in [4.78, 5) is 12.5. The van der Waals surface area contributed by atoms with E-state index < -0.39 is 0 Å². The fourth-order valence-electron chi connectivity index (χ4n) is 0.619. The SMILES string of the molecule is C#CCCN(C)CC(=O)OC. The zero-order valence-corrected chi connectivity index (χ0v) is 6.96. The van der Waals surface area contributed by atoms with Crippen molar-refractivity contribution in [2.75, 3.05) is 27.2 Å². The van der Waals surface area contributed by atoms with Gasteiger partial charge in [0.05, 0.1) is 13.7 Å². The normalized spacial score (nSPS) is 9.27. The first-order chi connectivity index (χ1) is 5.20. The van der Waals surface area contributed by atoms with Crippen molar-refractivity contribution in [2.24, 2.45) is 0 Å². The van der Waals surface area contributed by atoms with Gasteiger partial charge in [0.15, 0.2) is 0 Å². The molecule has 0 N–H and O–H groups in total. The molecule has 0 fully saturated rings. The fraction of sp³-hybridized carbons (Fsp3) is 0.625. The van der Waals surface area contributed by atoms with Crippen molar-refractivity contribution in [3.05, 3.63) is 0 Å². The van der Waals surface area contributed by atoms with Gasteiger partial charge in [0.2, 0.25) is 0 Å². The lowest BCUT2D eigenvalue weighted by molar-refractivity contribution is -0.141. The van der Waals surface area contributed by atoms with Gasteiger partial charge in [-0.25, -0.2) is 0 Å². The third-order valence-electron chi connectivity index (χ3n) is 1.26. The van der Waals surface area contributed by atoms with Crippen LogP contribution in [0, 0.1) is 12.3 Å². The molecular formula is C8H13NO2. The van der Waals surface area contributed by atoms with E-state index in [0.29, 0.717) is 13.0 Å². The number of terminal acetylenes is 1. The summed E-state index contributed by atoms with van der Waals surface area (Å²) in [6.45, 7) is 1.03. The third kappa shape index (κ3) is 5.43. The standard InChI is InChI=1S/C8H13NO2/c1-4-5-6-9(2)7-8(10)11-3/h1H,5-7H2,2-3H3. The molecule has 0 aliphatic carbocycles. The van der Waals surface area contributed by atoms with Gasteiger partial charge in [-0.3, -0.25) is 9.69 Å². The van der Waals surface area contributed by atoms with Crippen molar-refractivity contribution >= 4 is 5.97 Å². The van der Waals surface area contributed by atoms with Crippen molar-refractivity contribution in [1.29, 1.82) is 0 Å². The number of nitrogens with zero attached hydrogens (tertiary/aromatic N) is 1. The molecule has 62 valence electrons. The van der Waals surface area contributed by atoms with Gasteiger partial charge >= 0.3 is 5.97 Å². The van der Waals surface area contributed by atoms with E-state index in [9.17, 15) is 4.79 Å². The molecule has 0 spiro atoms. The molecule has 11 heavy (non-hydrogen) atoms. The molecule has 0 saturated carbocycles. The smallest absolute Gasteiger partial charge is 0.319 e. The number of esters is 1. The molecule has 0 saturated heterocycles. The van der Waals surface area contributed by atoms with Crippen LogP contribution < -0.4 is 0 Å². The summed E-state index contributed by atoms with van der Waals surface area (Å²) in [6.07, 6.45) is 5.71. The van der Waals surface area contributed by atoms with Gasteiger partial charge in [-0.1, -0.05) is 0 Å². The minimum Gasteiger partial charge on any atom is -0.468 e. The van der Waals surface area contributed by atoms with E-state index in [1.165, 1.54) is 7.11 Å². The second kappa shape index (κ2) is 5.75. The molecule has 3 heteroatoms. The van der Waals surface area contributed by atoms with E-state index in [0.717, 1.165) is 6.54 Å². The Morgan fingerprint density at radius 1 is 1.73 bits per heavy atom. The summed E-state index contributed by atoms with van der Waals surface area (Å²) in [5, 5.41) is 0. The average molecular weight is 155 g/mol. The van der Waals surface area contributed by atoms with Crippen LogP contribution in [0.3, 0.4) is 0 Å². The Morgan fingerprint density at radius 3 is 2.82 bits per heavy atom. The van der Waals surface area contributed by atoms with Crippen molar-refractivity contribution < 1.29 is 9.53 Å². The van der Waals surface area contributed by atoms with Crippen LogP contribution in [0.25, 0.3) is 0 Å². The molecule has 3 nitrogen and oxygen atoms in total. The predicted molar refractivity (Wildman–Crippen MR) is 43.0 cm³/mol. The molecule has 0 amide bonds. The van der Waals surface area contributed by atoms with Crippen molar-refractivity contribution in [2.45, 2.75) is 6.42 Å². The predicted octanol–water partition coefficient (Wildman–Crippen LogP) is 0.114. The first kappa shape index (κ1) is 9.99. The Balaban J connectivity index is 3.45. The Hall–Kier alpha value is -1.01. The maximum atomic E-state index is 10.7. The van der Waals surface area contributed by atoms with E-state index in [4.69, 9.17) is 6.42 Å². The highest BCUT2D eigenvalue weighted by molar-refractivity contribution is 5.71. The number of methoxy groups -OCH3 is 1. The minimum atomic E-state index is -0.232. The van der Waals surface area contributed by atoms with Crippen LogP contribution >= 0.6 is 0 Å². The highest BCUT2D eigenvalue weighted by Crippen LogP contribution is 1.86. The number of carbonyl (C=O) groups is 1. The molecule has 0 aliphatic heterocycles. The minimum absolute atomic E-state index is 0.232.